The van der Waals surface area contributed by atoms with Crippen LogP contribution < -0.4 is 5.73 Å². The first-order chi connectivity index (χ1) is 9.29. The first kappa shape index (κ1) is 13.8. The number of hydrogen-bond acceptors (Lipinski definition) is 2. The average molecular weight is 258 g/mol. The fourth-order valence-electron chi connectivity index (χ4n) is 2.01. The fraction of sp³-hybridized carbons (Fsp3) is 0.375. The molecule has 1 heterocycles. The van der Waals surface area contributed by atoms with E-state index in [1.54, 1.807) is 0 Å². The summed E-state index contributed by atoms with van der Waals surface area (Å²) in [5, 5.41) is 0. The van der Waals surface area contributed by atoms with Crippen LogP contribution in [0.3, 0.4) is 0 Å². The van der Waals surface area contributed by atoms with Gasteiger partial charge in [-0.15, -0.1) is 0 Å². The summed E-state index contributed by atoms with van der Waals surface area (Å²) in [5.74, 6) is 0. The first-order valence-corrected chi connectivity index (χ1v) is 6.81. The third-order valence-corrected chi connectivity index (χ3v) is 3.26. The third kappa shape index (κ3) is 4.23. The quantitative estimate of drug-likeness (QED) is 0.829. The van der Waals surface area contributed by atoms with E-state index in [1.165, 1.54) is 11.3 Å². The highest BCUT2D eigenvalue weighted by atomic mass is 16.5. The minimum absolute atomic E-state index is 0.225. The number of aromatic nitrogens is 1. The lowest BCUT2D eigenvalue weighted by atomic mass is 10.1. The summed E-state index contributed by atoms with van der Waals surface area (Å²) < 4.78 is 7.87. The molecule has 0 spiro atoms. The van der Waals surface area contributed by atoms with E-state index in [-0.39, 0.29) is 6.04 Å². The predicted molar refractivity (Wildman–Crippen MR) is 77.6 cm³/mol. The van der Waals surface area contributed by atoms with Crippen LogP contribution in [0.1, 0.15) is 24.6 Å². The summed E-state index contributed by atoms with van der Waals surface area (Å²) in [6.45, 7) is 3.33. The second kappa shape index (κ2) is 7.12. The van der Waals surface area contributed by atoms with Crippen molar-refractivity contribution in [2.75, 3.05) is 0 Å². The van der Waals surface area contributed by atoms with Crippen molar-refractivity contribution < 1.29 is 4.74 Å². The second-order valence-electron chi connectivity index (χ2n) is 4.80. The molecule has 102 valence electrons. The first-order valence-electron chi connectivity index (χ1n) is 6.81. The van der Waals surface area contributed by atoms with Crippen LogP contribution in [-0.4, -0.2) is 10.6 Å². The second-order valence-corrected chi connectivity index (χ2v) is 4.80. The molecule has 2 N–H and O–H groups in total. The summed E-state index contributed by atoms with van der Waals surface area (Å²) in [4.78, 5) is 0. The molecule has 0 aliphatic rings. The Morgan fingerprint density at radius 1 is 1.16 bits per heavy atom. The van der Waals surface area contributed by atoms with Crippen LogP contribution in [0.2, 0.25) is 0 Å². The molecule has 0 amide bonds. The summed E-state index contributed by atoms with van der Waals surface area (Å²) in [7, 11) is 0. The van der Waals surface area contributed by atoms with E-state index in [4.69, 9.17) is 10.5 Å². The molecule has 1 atom stereocenters. The van der Waals surface area contributed by atoms with Crippen LogP contribution >= 0.6 is 0 Å². The van der Waals surface area contributed by atoms with Gasteiger partial charge in [0.15, 0.2) is 0 Å². The van der Waals surface area contributed by atoms with Crippen molar-refractivity contribution in [1.29, 1.82) is 0 Å². The topological polar surface area (TPSA) is 40.2 Å². The minimum atomic E-state index is 0.225. The highest BCUT2D eigenvalue weighted by molar-refractivity contribution is 5.13. The molecule has 3 nitrogen and oxygen atoms in total. The minimum Gasteiger partial charge on any atom is -0.356 e. The molecule has 0 radical (unpaired) electrons. The molecule has 3 heteroatoms. The predicted octanol–water partition coefficient (Wildman–Crippen LogP) is 2.94. The molecule has 1 aromatic heterocycles. The van der Waals surface area contributed by atoms with Crippen molar-refractivity contribution >= 4 is 0 Å². The SMILES string of the molecule is CCC(N)Cc1cccn1COCc1ccccc1. The molecule has 0 aliphatic carbocycles. The van der Waals surface area contributed by atoms with Crippen LogP contribution in [-0.2, 0) is 24.5 Å². The van der Waals surface area contributed by atoms with Gasteiger partial charge in [0.2, 0.25) is 0 Å². The van der Waals surface area contributed by atoms with Crippen molar-refractivity contribution in [2.24, 2.45) is 5.73 Å². The highest BCUT2D eigenvalue weighted by Crippen LogP contribution is 2.08. The molecular formula is C16H22N2O. The van der Waals surface area contributed by atoms with Gasteiger partial charge in [-0.3, -0.25) is 0 Å². The lowest BCUT2D eigenvalue weighted by Gasteiger charge is -2.13. The van der Waals surface area contributed by atoms with Gasteiger partial charge in [0.25, 0.3) is 0 Å². The standard InChI is InChI=1S/C16H22N2O/c1-2-15(17)11-16-9-6-10-18(16)13-19-12-14-7-4-3-5-8-14/h3-10,15H,2,11-13,17H2,1H3. The number of nitrogens with two attached hydrogens (primary N) is 1. The van der Waals surface area contributed by atoms with Gasteiger partial charge >= 0.3 is 0 Å². The Balaban J connectivity index is 1.84. The van der Waals surface area contributed by atoms with Crippen LogP contribution in [0.25, 0.3) is 0 Å². The van der Waals surface area contributed by atoms with Gasteiger partial charge in [0, 0.05) is 24.4 Å². The summed E-state index contributed by atoms with van der Waals surface area (Å²) in [6.07, 6.45) is 3.94. The van der Waals surface area contributed by atoms with E-state index in [2.05, 4.69) is 29.7 Å². The largest absolute Gasteiger partial charge is 0.356 e. The monoisotopic (exact) mass is 258 g/mol. The van der Waals surface area contributed by atoms with Crippen molar-refractivity contribution in [3.8, 4) is 0 Å². The fourth-order valence-corrected chi connectivity index (χ4v) is 2.01. The van der Waals surface area contributed by atoms with Gasteiger partial charge in [0.05, 0.1) is 6.61 Å². The van der Waals surface area contributed by atoms with Gasteiger partial charge < -0.3 is 15.0 Å². The van der Waals surface area contributed by atoms with Gasteiger partial charge in [-0.05, 0) is 24.1 Å². The van der Waals surface area contributed by atoms with Gasteiger partial charge in [0.1, 0.15) is 6.73 Å². The van der Waals surface area contributed by atoms with E-state index in [1.807, 2.05) is 30.5 Å². The maximum absolute atomic E-state index is 6.00. The summed E-state index contributed by atoms with van der Waals surface area (Å²) in [5.41, 5.74) is 8.43. The molecule has 2 rings (SSSR count). The molecule has 0 saturated heterocycles. The molecule has 0 saturated carbocycles. The number of rotatable bonds is 7. The van der Waals surface area contributed by atoms with Crippen LogP contribution in [0.4, 0.5) is 0 Å². The van der Waals surface area contributed by atoms with Crippen LogP contribution in [0.5, 0.6) is 0 Å². The maximum Gasteiger partial charge on any atom is 0.123 e. The molecule has 19 heavy (non-hydrogen) atoms. The zero-order valence-electron chi connectivity index (χ0n) is 11.5. The van der Waals surface area contributed by atoms with E-state index in [0.717, 1.165) is 12.8 Å². The average Bonchev–Trinajstić information content (AvgIpc) is 2.87. The normalized spacial score (nSPS) is 12.5. The number of benzene rings is 1. The maximum atomic E-state index is 6.00. The Morgan fingerprint density at radius 2 is 1.95 bits per heavy atom. The van der Waals surface area contributed by atoms with Crippen molar-refractivity contribution in [2.45, 2.75) is 39.1 Å². The Labute approximate surface area is 115 Å². The van der Waals surface area contributed by atoms with Gasteiger partial charge in [-0.1, -0.05) is 37.3 Å². The van der Waals surface area contributed by atoms with E-state index in [0.29, 0.717) is 13.3 Å². The third-order valence-electron chi connectivity index (χ3n) is 3.26. The Bertz CT molecular complexity index is 479. The molecule has 1 aromatic carbocycles. The van der Waals surface area contributed by atoms with Crippen molar-refractivity contribution in [3.63, 3.8) is 0 Å². The Hall–Kier alpha value is -1.58. The number of nitrogens with zero attached hydrogens (tertiary/aromatic N) is 1. The van der Waals surface area contributed by atoms with Crippen LogP contribution in [0.15, 0.2) is 48.7 Å². The Kier molecular flexibility index (Phi) is 5.19. The van der Waals surface area contributed by atoms with E-state index in [9.17, 15) is 0 Å². The molecule has 0 fully saturated rings. The zero-order valence-corrected chi connectivity index (χ0v) is 11.5. The zero-order chi connectivity index (χ0) is 13.5. The van der Waals surface area contributed by atoms with E-state index < -0.39 is 0 Å². The molecule has 0 aliphatic heterocycles. The van der Waals surface area contributed by atoms with Gasteiger partial charge in [-0.25, -0.2) is 0 Å². The van der Waals surface area contributed by atoms with Crippen molar-refractivity contribution in [3.05, 3.63) is 59.9 Å². The lowest BCUT2D eigenvalue weighted by molar-refractivity contribution is 0.0624. The Morgan fingerprint density at radius 3 is 2.68 bits per heavy atom. The van der Waals surface area contributed by atoms with Gasteiger partial charge in [-0.2, -0.15) is 0 Å². The van der Waals surface area contributed by atoms with Crippen LogP contribution in [0, 0.1) is 0 Å². The lowest BCUT2D eigenvalue weighted by Crippen LogP contribution is -2.23. The number of ether oxygens (including phenoxy) is 1. The van der Waals surface area contributed by atoms with E-state index >= 15 is 0 Å². The van der Waals surface area contributed by atoms with Crippen molar-refractivity contribution in [1.82, 2.24) is 4.57 Å². The summed E-state index contributed by atoms with van der Waals surface area (Å²) in [6, 6.07) is 14.6. The highest BCUT2D eigenvalue weighted by Gasteiger charge is 2.05. The smallest absolute Gasteiger partial charge is 0.123 e. The molecule has 2 aromatic rings. The molecule has 0 bridgehead atoms. The number of hydrogen-bond donors (Lipinski definition) is 1. The summed E-state index contributed by atoms with van der Waals surface area (Å²) >= 11 is 0. The molecular weight excluding hydrogens is 236 g/mol. The molecule has 1 unspecified atom stereocenters.